The molecule has 0 bridgehead atoms. The molecule has 0 aromatic carbocycles. The van der Waals surface area contributed by atoms with Gasteiger partial charge in [0.1, 0.15) is 4.21 Å². The lowest BCUT2D eigenvalue weighted by molar-refractivity contribution is 0.202. The molecule has 2 atom stereocenters. The van der Waals surface area contributed by atoms with E-state index in [0.717, 1.165) is 25.8 Å². The maximum Gasteiger partial charge on any atom is 0.252 e. The second-order valence-corrected chi connectivity index (χ2v) is 8.43. The lowest BCUT2D eigenvalue weighted by Gasteiger charge is -2.37. The van der Waals surface area contributed by atoms with Gasteiger partial charge in [-0.3, -0.25) is 0 Å². The van der Waals surface area contributed by atoms with Gasteiger partial charge >= 0.3 is 0 Å². The average Bonchev–Trinajstić information content (AvgIpc) is 2.99. The molecule has 1 fully saturated rings. The zero-order valence-corrected chi connectivity index (χ0v) is 13.8. The molecule has 114 valence electrons. The van der Waals surface area contributed by atoms with Crippen LogP contribution in [0.25, 0.3) is 0 Å². The van der Waals surface area contributed by atoms with Gasteiger partial charge in [-0.1, -0.05) is 26.3 Å². The van der Waals surface area contributed by atoms with E-state index in [9.17, 15) is 8.42 Å². The smallest absolute Gasteiger partial charge is 0.252 e. The molecule has 0 aliphatic carbocycles. The van der Waals surface area contributed by atoms with Gasteiger partial charge in [-0.05, 0) is 36.8 Å². The summed E-state index contributed by atoms with van der Waals surface area (Å²) in [5.41, 5.74) is 0. The molecule has 20 heavy (non-hydrogen) atoms. The number of thiophene rings is 1. The SMILES string of the molecule is CCCNC1CCN(S(=O)(=O)c2cccs2)CC1CC. The second-order valence-electron chi connectivity index (χ2n) is 5.31. The Labute approximate surface area is 126 Å². The maximum atomic E-state index is 12.5. The fourth-order valence-corrected chi connectivity index (χ4v) is 5.42. The van der Waals surface area contributed by atoms with Crippen LogP contribution < -0.4 is 5.32 Å². The summed E-state index contributed by atoms with van der Waals surface area (Å²) >= 11 is 1.30. The minimum atomic E-state index is -3.28. The molecular weight excluding hydrogens is 292 g/mol. The summed E-state index contributed by atoms with van der Waals surface area (Å²) in [4.78, 5) is 0. The molecule has 2 heterocycles. The van der Waals surface area contributed by atoms with Crippen molar-refractivity contribution in [3.8, 4) is 0 Å². The summed E-state index contributed by atoms with van der Waals surface area (Å²) < 4.78 is 27.2. The first-order valence-corrected chi connectivity index (χ1v) is 9.68. The summed E-state index contributed by atoms with van der Waals surface area (Å²) in [6, 6.07) is 3.95. The van der Waals surface area contributed by atoms with E-state index in [-0.39, 0.29) is 0 Å². The fraction of sp³-hybridized carbons (Fsp3) is 0.714. The van der Waals surface area contributed by atoms with Crippen molar-refractivity contribution in [2.24, 2.45) is 5.92 Å². The van der Waals surface area contributed by atoms with Gasteiger partial charge in [0.05, 0.1) is 0 Å². The van der Waals surface area contributed by atoms with Crippen LogP contribution >= 0.6 is 11.3 Å². The number of sulfonamides is 1. The van der Waals surface area contributed by atoms with Crippen molar-refractivity contribution in [3.05, 3.63) is 17.5 Å². The topological polar surface area (TPSA) is 49.4 Å². The predicted molar refractivity (Wildman–Crippen MR) is 83.6 cm³/mol. The van der Waals surface area contributed by atoms with Crippen LogP contribution in [0.2, 0.25) is 0 Å². The number of hydrogen-bond donors (Lipinski definition) is 1. The minimum absolute atomic E-state index is 0.407. The highest BCUT2D eigenvalue weighted by molar-refractivity contribution is 7.91. The van der Waals surface area contributed by atoms with Crippen LogP contribution in [0.3, 0.4) is 0 Å². The molecule has 0 spiro atoms. The average molecular weight is 316 g/mol. The first-order valence-electron chi connectivity index (χ1n) is 7.36. The highest BCUT2D eigenvalue weighted by Gasteiger charge is 2.34. The van der Waals surface area contributed by atoms with Crippen molar-refractivity contribution in [2.75, 3.05) is 19.6 Å². The first-order chi connectivity index (χ1) is 9.59. The van der Waals surface area contributed by atoms with Crippen molar-refractivity contribution in [3.63, 3.8) is 0 Å². The van der Waals surface area contributed by atoms with Gasteiger partial charge in [-0.15, -0.1) is 11.3 Å². The van der Waals surface area contributed by atoms with Gasteiger partial charge in [0.2, 0.25) is 0 Å². The Morgan fingerprint density at radius 1 is 1.45 bits per heavy atom. The molecule has 1 aliphatic rings. The van der Waals surface area contributed by atoms with Gasteiger partial charge in [0, 0.05) is 19.1 Å². The van der Waals surface area contributed by atoms with Crippen LogP contribution in [-0.2, 0) is 10.0 Å². The number of hydrogen-bond acceptors (Lipinski definition) is 4. The Morgan fingerprint density at radius 3 is 2.85 bits per heavy atom. The molecular formula is C14H24N2O2S2. The van der Waals surface area contributed by atoms with Crippen molar-refractivity contribution in [1.82, 2.24) is 9.62 Å². The van der Waals surface area contributed by atoms with Crippen LogP contribution in [0.5, 0.6) is 0 Å². The maximum absolute atomic E-state index is 12.5. The Bertz CT molecular complexity index is 499. The second kappa shape index (κ2) is 7.02. The molecule has 4 nitrogen and oxygen atoms in total. The van der Waals surface area contributed by atoms with Crippen molar-refractivity contribution < 1.29 is 8.42 Å². The standard InChI is InChI=1S/C14H24N2O2S2/c1-3-8-15-13-7-9-16(11-12(13)4-2)20(17,18)14-6-5-10-19-14/h5-6,10,12-13,15H,3-4,7-9,11H2,1-2H3. The summed E-state index contributed by atoms with van der Waals surface area (Å²) in [5.74, 6) is 0.407. The van der Waals surface area contributed by atoms with E-state index >= 15 is 0 Å². The largest absolute Gasteiger partial charge is 0.314 e. The molecule has 0 radical (unpaired) electrons. The van der Waals surface area contributed by atoms with Crippen LogP contribution in [0.15, 0.2) is 21.7 Å². The van der Waals surface area contributed by atoms with E-state index in [4.69, 9.17) is 0 Å². The first kappa shape index (κ1) is 15.9. The Balaban J connectivity index is 2.06. The molecule has 2 rings (SSSR count). The van der Waals surface area contributed by atoms with Gasteiger partial charge in [-0.25, -0.2) is 8.42 Å². The van der Waals surface area contributed by atoms with E-state index in [1.165, 1.54) is 11.3 Å². The summed E-state index contributed by atoms with van der Waals surface area (Å²) in [5, 5.41) is 5.38. The third-order valence-electron chi connectivity index (χ3n) is 3.97. The van der Waals surface area contributed by atoms with E-state index < -0.39 is 10.0 Å². The fourth-order valence-electron chi connectivity index (χ4n) is 2.77. The van der Waals surface area contributed by atoms with Gasteiger partial charge in [-0.2, -0.15) is 4.31 Å². The third kappa shape index (κ3) is 3.42. The molecule has 1 aromatic rings. The predicted octanol–water partition coefficient (Wildman–Crippen LogP) is 2.54. The minimum Gasteiger partial charge on any atom is -0.314 e. The molecule has 1 N–H and O–H groups in total. The summed E-state index contributed by atoms with van der Waals surface area (Å²) in [6.07, 6.45) is 3.03. The van der Waals surface area contributed by atoms with Crippen molar-refractivity contribution in [2.45, 2.75) is 43.4 Å². The Kier molecular flexibility index (Phi) is 5.60. The zero-order valence-electron chi connectivity index (χ0n) is 12.2. The van der Waals surface area contributed by atoms with Crippen LogP contribution in [-0.4, -0.2) is 38.4 Å². The highest BCUT2D eigenvalue weighted by atomic mass is 32.2. The number of nitrogens with one attached hydrogen (secondary N) is 1. The van der Waals surface area contributed by atoms with Crippen LogP contribution in [0.1, 0.15) is 33.1 Å². The van der Waals surface area contributed by atoms with E-state index in [2.05, 4.69) is 19.2 Å². The lowest BCUT2D eigenvalue weighted by Crippen LogP contribution is -2.50. The van der Waals surface area contributed by atoms with Gasteiger partial charge in [0.25, 0.3) is 10.0 Å². The van der Waals surface area contributed by atoms with Crippen molar-refractivity contribution >= 4 is 21.4 Å². The Morgan fingerprint density at radius 2 is 2.25 bits per heavy atom. The monoisotopic (exact) mass is 316 g/mol. The summed E-state index contributed by atoms with van der Waals surface area (Å²) in [6.45, 7) is 6.58. The lowest BCUT2D eigenvalue weighted by atomic mass is 9.91. The third-order valence-corrected chi connectivity index (χ3v) is 7.20. The van der Waals surface area contributed by atoms with Crippen LogP contribution in [0.4, 0.5) is 0 Å². The molecule has 6 heteroatoms. The highest BCUT2D eigenvalue weighted by Crippen LogP contribution is 2.27. The van der Waals surface area contributed by atoms with E-state index in [0.29, 0.717) is 29.3 Å². The van der Waals surface area contributed by atoms with E-state index in [1.54, 1.807) is 16.4 Å². The molecule has 1 aliphatic heterocycles. The van der Waals surface area contributed by atoms with E-state index in [1.807, 2.05) is 5.38 Å². The molecule has 1 aromatic heterocycles. The Hall–Kier alpha value is -0.430. The van der Waals surface area contributed by atoms with Crippen molar-refractivity contribution in [1.29, 1.82) is 0 Å². The normalized spacial score (nSPS) is 24.9. The molecule has 2 unspecified atom stereocenters. The van der Waals surface area contributed by atoms with Crippen LogP contribution in [0, 0.1) is 5.92 Å². The quantitative estimate of drug-likeness (QED) is 0.877. The zero-order chi connectivity index (χ0) is 14.6. The molecule has 1 saturated heterocycles. The number of piperidine rings is 1. The van der Waals surface area contributed by atoms with Gasteiger partial charge < -0.3 is 5.32 Å². The number of rotatable bonds is 6. The summed E-state index contributed by atoms with van der Waals surface area (Å²) in [7, 11) is -3.28. The molecule has 0 amide bonds. The van der Waals surface area contributed by atoms with Gasteiger partial charge in [0.15, 0.2) is 0 Å². The number of nitrogens with zero attached hydrogens (tertiary/aromatic N) is 1. The molecule has 0 saturated carbocycles.